The fourth-order valence-electron chi connectivity index (χ4n) is 4.39. The zero-order chi connectivity index (χ0) is 21.2. The third kappa shape index (κ3) is 4.81. The zero-order valence-electron chi connectivity index (χ0n) is 20.1. The monoisotopic (exact) mass is 367 g/mol. The van der Waals surface area contributed by atoms with Crippen LogP contribution in [0.25, 0.3) is 0 Å². The van der Waals surface area contributed by atoms with E-state index in [0.717, 1.165) is 0 Å². The third-order valence-corrected chi connectivity index (χ3v) is 6.45. The zero-order valence-corrected chi connectivity index (χ0v) is 20.1. The molecule has 1 aromatic carbocycles. The SMILES string of the molecule is Cc1c(C)c(C)c(C(C)C)c(C)c1C.Cc1nc(C)c(C(C)C)c(C)c1C. The normalized spacial score (nSPS) is 11.1. The van der Waals surface area contributed by atoms with Crippen LogP contribution in [0, 0.1) is 62.3 Å². The minimum Gasteiger partial charge on any atom is -0.258 e. The van der Waals surface area contributed by atoms with Crippen LogP contribution in [-0.2, 0) is 0 Å². The van der Waals surface area contributed by atoms with Gasteiger partial charge in [0.15, 0.2) is 0 Å². The van der Waals surface area contributed by atoms with Gasteiger partial charge in [-0.2, -0.15) is 0 Å². The second-order valence-electron chi connectivity index (χ2n) is 8.79. The first kappa shape index (κ1) is 23.4. The average molecular weight is 368 g/mol. The Morgan fingerprint density at radius 3 is 1.11 bits per heavy atom. The molecule has 1 heteroatoms. The van der Waals surface area contributed by atoms with Gasteiger partial charge >= 0.3 is 0 Å². The molecule has 2 aromatic rings. The van der Waals surface area contributed by atoms with E-state index in [-0.39, 0.29) is 0 Å². The molecule has 2 rings (SSSR count). The summed E-state index contributed by atoms with van der Waals surface area (Å²) in [6.07, 6.45) is 0. The Hall–Kier alpha value is -1.63. The molecule has 0 unspecified atom stereocenters. The summed E-state index contributed by atoms with van der Waals surface area (Å²) in [6, 6.07) is 0. The van der Waals surface area contributed by atoms with Crippen molar-refractivity contribution in [3.63, 3.8) is 0 Å². The Balaban J connectivity index is 0.000000271. The first-order valence-corrected chi connectivity index (χ1v) is 10.3. The van der Waals surface area contributed by atoms with Gasteiger partial charge in [-0.1, -0.05) is 27.7 Å². The van der Waals surface area contributed by atoms with Gasteiger partial charge in [0, 0.05) is 11.4 Å². The van der Waals surface area contributed by atoms with E-state index in [1.165, 1.54) is 55.9 Å². The van der Waals surface area contributed by atoms with E-state index in [1.807, 2.05) is 0 Å². The first-order chi connectivity index (χ1) is 12.3. The maximum atomic E-state index is 4.56. The van der Waals surface area contributed by atoms with Gasteiger partial charge in [0.25, 0.3) is 0 Å². The van der Waals surface area contributed by atoms with Gasteiger partial charge in [0.2, 0.25) is 0 Å². The standard InChI is InChI=1S/C14H22.C12H19N/c1-8(2)14-12(6)10(4)9(3)11(5)13(14)7;1-7(2)12-9(4)8(3)10(5)13-11(12)6/h8H,1-7H3;7H,1-6H3. The topological polar surface area (TPSA) is 12.9 Å². The number of rotatable bonds is 2. The summed E-state index contributed by atoms with van der Waals surface area (Å²) in [4.78, 5) is 4.56. The molecule has 0 fully saturated rings. The number of aromatic nitrogens is 1. The summed E-state index contributed by atoms with van der Waals surface area (Å²) in [5.41, 5.74) is 15.5. The van der Waals surface area contributed by atoms with E-state index in [0.29, 0.717) is 11.8 Å². The number of pyridine rings is 1. The molecule has 0 aliphatic carbocycles. The van der Waals surface area contributed by atoms with Gasteiger partial charge in [-0.25, -0.2) is 0 Å². The molecule has 0 bridgehead atoms. The largest absolute Gasteiger partial charge is 0.258 e. The van der Waals surface area contributed by atoms with Crippen LogP contribution in [0.15, 0.2) is 0 Å². The number of hydrogen-bond donors (Lipinski definition) is 0. The second-order valence-corrected chi connectivity index (χ2v) is 8.79. The van der Waals surface area contributed by atoms with E-state index in [4.69, 9.17) is 0 Å². The molecule has 1 heterocycles. The Morgan fingerprint density at radius 2 is 0.741 bits per heavy atom. The van der Waals surface area contributed by atoms with Crippen molar-refractivity contribution in [2.75, 3.05) is 0 Å². The molecule has 0 aliphatic rings. The van der Waals surface area contributed by atoms with E-state index in [1.54, 1.807) is 5.56 Å². The summed E-state index contributed by atoms with van der Waals surface area (Å²) < 4.78 is 0. The van der Waals surface area contributed by atoms with Gasteiger partial charge in [0.1, 0.15) is 0 Å². The number of aryl methyl sites for hydroxylation is 2. The summed E-state index contributed by atoms with van der Waals surface area (Å²) in [5, 5.41) is 0. The Kier molecular flexibility index (Phi) is 7.84. The number of hydrogen-bond acceptors (Lipinski definition) is 1. The Labute approximate surface area is 168 Å². The summed E-state index contributed by atoms with van der Waals surface area (Å²) in [5.74, 6) is 1.21. The van der Waals surface area contributed by atoms with Gasteiger partial charge in [-0.05, 0) is 124 Å². The van der Waals surface area contributed by atoms with E-state index < -0.39 is 0 Å². The van der Waals surface area contributed by atoms with Crippen molar-refractivity contribution in [2.24, 2.45) is 0 Å². The van der Waals surface area contributed by atoms with Crippen molar-refractivity contribution in [2.45, 2.75) is 102 Å². The number of nitrogens with zero attached hydrogens (tertiary/aromatic N) is 1. The Morgan fingerprint density at radius 1 is 0.407 bits per heavy atom. The first-order valence-electron chi connectivity index (χ1n) is 10.3. The molecule has 0 aliphatic heterocycles. The van der Waals surface area contributed by atoms with Crippen molar-refractivity contribution < 1.29 is 0 Å². The molecule has 0 saturated carbocycles. The lowest BCUT2D eigenvalue weighted by Crippen LogP contribution is -2.04. The van der Waals surface area contributed by atoms with E-state index in [9.17, 15) is 0 Å². The van der Waals surface area contributed by atoms with Crippen LogP contribution in [0.2, 0.25) is 0 Å². The molecule has 0 radical (unpaired) electrons. The fourth-order valence-corrected chi connectivity index (χ4v) is 4.39. The third-order valence-electron chi connectivity index (χ3n) is 6.45. The van der Waals surface area contributed by atoms with Crippen LogP contribution in [-0.4, -0.2) is 4.98 Å². The predicted molar refractivity (Wildman–Crippen MR) is 121 cm³/mol. The maximum absolute atomic E-state index is 4.56. The van der Waals surface area contributed by atoms with Crippen LogP contribution < -0.4 is 0 Å². The second kappa shape index (κ2) is 9.04. The Bertz CT molecular complexity index is 794. The highest BCUT2D eigenvalue weighted by Crippen LogP contribution is 2.31. The molecule has 0 saturated heterocycles. The quantitative estimate of drug-likeness (QED) is 0.528. The molecule has 27 heavy (non-hydrogen) atoms. The average Bonchev–Trinajstić information content (AvgIpc) is 2.56. The van der Waals surface area contributed by atoms with Crippen molar-refractivity contribution in [3.8, 4) is 0 Å². The minimum absolute atomic E-state index is 0.576. The van der Waals surface area contributed by atoms with Crippen molar-refractivity contribution in [1.29, 1.82) is 0 Å². The molecule has 0 N–H and O–H groups in total. The van der Waals surface area contributed by atoms with Crippen LogP contribution >= 0.6 is 0 Å². The number of benzene rings is 1. The van der Waals surface area contributed by atoms with Crippen LogP contribution in [0.5, 0.6) is 0 Å². The molecule has 0 atom stereocenters. The summed E-state index contributed by atoms with van der Waals surface area (Å²) in [7, 11) is 0. The fraction of sp³-hybridized carbons (Fsp3) is 0.577. The highest BCUT2D eigenvalue weighted by atomic mass is 14.7. The predicted octanol–water partition coefficient (Wildman–Crippen LogP) is 7.79. The molecule has 0 spiro atoms. The van der Waals surface area contributed by atoms with Gasteiger partial charge < -0.3 is 0 Å². The van der Waals surface area contributed by atoms with Crippen molar-refractivity contribution >= 4 is 0 Å². The smallest absolute Gasteiger partial charge is 0.0413 e. The van der Waals surface area contributed by atoms with Crippen LogP contribution in [0.1, 0.15) is 101 Å². The van der Waals surface area contributed by atoms with Crippen molar-refractivity contribution in [1.82, 2.24) is 4.98 Å². The molecule has 1 aromatic heterocycles. The van der Waals surface area contributed by atoms with Gasteiger partial charge in [-0.3, -0.25) is 4.98 Å². The van der Waals surface area contributed by atoms with Gasteiger partial charge in [-0.15, -0.1) is 0 Å². The highest BCUT2D eigenvalue weighted by Gasteiger charge is 2.14. The maximum Gasteiger partial charge on any atom is 0.0413 e. The van der Waals surface area contributed by atoms with Crippen LogP contribution in [0.4, 0.5) is 0 Å². The van der Waals surface area contributed by atoms with Gasteiger partial charge in [0.05, 0.1) is 0 Å². The molecule has 150 valence electrons. The van der Waals surface area contributed by atoms with Crippen molar-refractivity contribution in [3.05, 3.63) is 61.5 Å². The highest BCUT2D eigenvalue weighted by molar-refractivity contribution is 5.50. The lowest BCUT2D eigenvalue weighted by atomic mass is 9.85. The molecular weight excluding hydrogens is 326 g/mol. The van der Waals surface area contributed by atoms with E-state index >= 15 is 0 Å². The molecule has 0 amide bonds. The molecular formula is C26H41N. The lowest BCUT2D eigenvalue weighted by molar-refractivity contribution is 0.822. The minimum atomic E-state index is 0.576. The molecule has 1 nitrogen and oxygen atoms in total. The summed E-state index contributed by atoms with van der Waals surface area (Å²) in [6.45, 7) is 28.8. The summed E-state index contributed by atoms with van der Waals surface area (Å²) >= 11 is 0. The lowest BCUT2D eigenvalue weighted by Gasteiger charge is -2.21. The van der Waals surface area contributed by atoms with Crippen LogP contribution in [0.3, 0.4) is 0 Å². The van der Waals surface area contributed by atoms with E-state index in [2.05, 4.69) is 95.0 Å².